The summed E-state index contributed by atoms with van der Waals surface area (Å²) in [6, 6.07) is 2.36. The maximum absolute atomic E-state index is 12.5. The molecule has 0 saturated heterocycles. The Balaban J connectivity index is 2.31. The number of aryl methyl sites for hydroxylation is 1. The van der Waals surface area contributed by atoms with Crippen molar-refractivity contribution in [3.05, 3.63) is 24.0 Å². The standard InChI is InChI=1S/C9H9F3N6/c1-18-3-2-6(17-18)15-7-4-5(9(10,11)12)14-8(13)16-7/h2-4H,1H3,(H3,13,14,15,16,17). The minimum atomic E-state index is -4.57. The van der Waals surface area contributed by atoms with Gasteiger partial charge in [0.15, 0.2) is 11.5 Å². The number of rotatable bonds is 2. The van der Waals surface area contributed by atoms with Crippen molar-refractivity contribution < 1.29 is 13.2 Å². The maximum Gasteiger partial charge on any atom is 0.433 e. The molecule has 0 aromatic carbocycles. The maximum atomic E-state index is 12.5. The summed E-state index contributed by atoms with van der Waals surface area (Å²) in [7, 11) is 1.68. The molecule has 0 spiro atoms. The van der Waals surface area contributed by atoms with Crippen LogP contribution >= 0.6 is 0 Å². The van der Waals surface area contributed by atoms with Gasteiger partial charge in [-0.1, -0.05) is 0 Å². The molecule has 0 unspecified atom stereocenters. The van der Waals surface area contributed by atoms with E-state index in [4.69, 9.17) is 5.73 Å². The average molecular weight is 258 g/mol. The van der Waals surface area contributed by atoms with Gasteiger partial charge in [-0.15, -0.1) is 0 Å². The summed E-state index contributed by atoms with van der Waals surface area (Å²) in [5.74, 6) is -0.152. The molecule has 0 atom stereocenters. The molecule has 2 aromatic heterocycles. The SMILES string of the molecule is Cn1ccc(Nc2cc(C(F)(F)F)nc(N)n2)n1. The number of nitrogens with zero attached hydrogens (tertiary/aromatic N) is 4. The first kappa shape index (κ1) is 12.1. The Hall–Kier alpha value is -2.32. The van der Waals surface area contributed by atoms with Crippen LogP contribution in [0.3, 0.4) is 0 Å². The van der Waals surface area contributed by atoms with Crippen molar-refractivity contribution in [2.75, 3.05) is 11.1 Å². The third-order valence-corrected chi connectivity index (χ3v) is 2.00. The zero-order valence-electron chi connectivity index (χ0n) is 9.23. The Kier molecular flexibility index (Phi) is 2.81. The fourth-order valence-electron chi connectivity index (χ4n) is 1.29. The van der Waals surface area contributed by atoms with Crippen LogP contribution < -0.4 is 11.1 Å². The van der Waals surface area contributed by atoms with Gasteiger partial charge in [0, 0.05) is 25.4 Å². The van der Waals surface area contributed by atoms with Crippen LogP contribution in [0.25, 0.3) is 0 Å². The Morgan fingerprint density at radius 2 is 2.00 bits per heavy atom. The molecule has 0 aliphatic rings. The van der Waals surface area contributed by atoms with Gasteiger partial charge in [-0.3, -0.25) is 4.68 Å². The number of aromatic nitrogens is 4. The van der Waals surface area contributed by atoms with E-state index in [1.165, 1.54) is 4.68 Å². The van der Waals surface area contributed by atoms with Crippen molar-refractivity contribution in [3.8, 4) is 0 Å². The van der Waals surface area contributed by atoms with Gasteiger partial charge in [0.1, 0.15) is 5.82 Å². The summed E-state index contributed by atoms with van der Waals surface area (Å²) in [6.07, 6.45) is -2.94. The van der Waals surface area contributed by atoms with Crippen molar-refractivity contribution in [2.45, 2.75) is 6.18 Å². The molecule has 2 heterocycles. The van der Waals surface area contributed by atoms with Gasteiger partial charge in [-0.2, -0.15) is 23.3 Å². The molecule has 0 amide bonds. The lowest BCUT2D eigenvalue weighted by molar-refractivity contribution is -0.141. The Labute approximate surface area is 99.7 Å². The summed E-state index contributed by atoms with van der Waals surface area (Å²) in [4.78, 5) is 6.79. The van der Waals surface area contributed by atoms with E-state index in [0.29, 0.717) is 5.82 Å². The fraction of sp³-hybridized carbons (Fsp3) is 0.222. The minimum Gasteiger partial charge on any atom is -0.368 e. The van der Waals surface area contributed by atoms with Gasteiger partial charge >= 0.3 is 6.18 Å². The summed E-state index contributed by atoms with van der Waals surface area (Å²) in [5, 5.41) is 6.57. The third-order valence-electron chi connectivity index (χ3n) is 2.00. The second kappa shape index (κ2) is 4.17. The van der Waals surface area contributed by atoms with Crippen LogP contribution in [0.5, 0.6) is 0 Å². The van der Waals surface area contributed by atoms with E-state index in [-0.39, 0.29) is 5.82 Å². The normalized spacial score (nSPS) is 11.6. The molecule has 9 heteroatoms. The summed E-state index contributed by atoms with van der Waals surface area (Å²) in [5.41, 5.74) is 4.12. The number of hydrogen-bond acceptors (Lipinski definition) is 5. The van der Waals surface area contributed by atoms with E-state index >= 15 is 0 Å². The predicted molar refractivity (Wildman–Crippen MR) is 57.9 cm³/mol. The molecule has 0 saturated carbocycles. The van der Waals surface area contributed by atoms with Crippen LogP contribution in [-0.2, 0) is 13.2 Å². The van der Waals surface area contributed by atoms with Crippen molar-refractivity contribution in [2.24, 2.45) is 7.05 Å². The number of halogens is 3. The van der Waals surface area contributed by atoms with E-state index in [1.54, 1.807) is 19.3 Å². The van der Waals surface area contributed by atoms with Crippen molar-refractivity contribution in [1.82, 2.24) is 19.7 Å². The van der Waals surface area contributed by atoms with Gasteiger partial charge in [-0.05, 0) is 0 Å². The highest BCUT2D eigenvalue weighted by Crippen LogP contribution is 2.29. The number of hydrogen-bond donors (Lipinski definition) is 2. The molecule has 0 radical (unpaired) electrons. The number of alkyl halides is 3. The van der Waals surface area contributed by atoms with Crippen LogP contribution in [0.15, 0.2) is 18.3 Å². The molecule has 2 aromatic rings. The molecule has 0 aliphatic heterocycles. The van der Waals surface area contributed by atoms with Gasteiger partial charge < -0.3 is 11.1 Å². The lowest BCUT2D eigenvalue weighted by atomic mass is 10.4. The third kappa shape index (κ3) is 2.67. The summed E-state index contributed by atoms with van der Waals surface area (Å²) < 4.78 is 39.0. The Morgan fingerprint density at radius 1 is 1.28 bits per heavy atom. The Bertz CT molecular complexity index is 562. The molecule has 0 fully saturated rings. The van der Waals surface area contributed by atoms with Gasteiger partial charge in [0.2, 0.25) is 5.95 Å². The summed E-state index contributed by atoms with van der Waals surface area (Å²) in [6.45, 7) is 0. The first-order valence-electron chi connectivity index (χ1n) is 4.83. The van der Waals surface area contributed by atoms with Gasteiger partial charge in [0.25, 0.3) is 0 Å². The van der Waals surface area contributed by atoms with Crippen LogP contribution in [0.1, 0.15) is 5.69 Å². The van der Waals surface area contributed by atoms with Crippen molar-refractivity contribution >= 4 is 17.6 Å². The molecule has 0 aliphatic carbocycles. The van der Waals surface area contributed by atoms with Crippen LogP contribution in [0.2, 0.25) is 0 Å². The van der Waals surface area contributed by atoms with E-state index < -0.39 is 17.8 Å². The molecule has 2 rings (SSSR count). The molecular weight excluding hydrogens is 249 g/mol. The number of nitrogens with two attached hydrogens (primary N) is 1. The van der Waals surface area contributed by atoms with Crippen molar-refractivity contribution in [1.29, 1.82) is 0 Å². The fourth-order valence-corrected chi connectivity index (χ4v) is 1.29. The van der Waals surface area contributed by atoms with E-state index in [2.05, 4.69) is 20.4 Å². The highest BCUT2D eigenvalue weighted by molar-refractivity contribution is 5.53. The highest BCUT2D eigenvalue weighted by atomic mass is 19.4. The second-order valence-corrected chi connectivity index (χ2v) is 3.49. The molecule has 6 nitrogen and oxygen atoms in total. The zero-order valence-corrected chi connectivity index (χ0v) is 9.23. The van der Waals surface area contributed by atoms with Gasteiger partial charge in [0.05, 0.1) is 0 Å². The van der Waals surface area contributed by atoms with Crippen molar-refractivity contribution in [3.63, 3.8) is 0 Å². The van der Waals surface area contributed by atoms with E-state index in [1.807, 2.05) is 0 Å². The number of anilines is 3. The topological polar surface area (TPSA) is 81.7 Å². The lowest BCUT2D eigenvalue weighted by Gasteiger charge is -2.08. The molecule has 3 N–H and O–H groups in total. The van der Waals surface area contributed by atoms with Gasteiger partial charge in [-0.25, -0.2) is 4.98 Å². The smallest absolute Gasteiger partial charge is 0.368 e. The summed E-state index contributed by atoms with van der Waals surface area (Å²) >= 11 is 0. The molecular formula is C9H9F3N6. The van der Waals surface area contributed by atoms with Crippen LogP contribution in [-0.4, -0.2) is 19.7 Å². The number of nitrogens with one attached hydrogen (secondary N) is 1. The minimum absolute atomic E-state index is 0.0616. The quantitative estimate of drug-likeness (QED) is 0.854. The molecule has 0 bridgehead atoms. The first-order valence-corrected chi connectivity index (χ1v) is 4.83. The molecule has 18 heavy (non-hydrogen) atoms. The Morgan fingerprint density at radius 3 is 2.56 bits per heavy atom. The average Bonchev–Trinajstić information content (AvgIpc) is 2.61. The first-order chi connectivity index (χ1) is 8.34. The predicted octanol–water partition coefficient (Wildman–Crippen LogP) is 1.55. The zero-order chi connectivity index (χ0) is 13.3. The highest BCUT2D eigenvalue weighted by Gasteiger charge is 2.33. The van der Waals surface area contributed by atoms with Crippen LogP contribution in [0.4, 0.5) is 30.8 Å². The second-order valence-electron chi connectivity index (χ2n) is 3.49. The monoisotopic (exact) mass is 258 g/mol. The lowest BCUT2D eigenvalue weighted by Crippen LogP contribution is -2.12. The molecule has 96 valence electrons. The van der Waals surface area contributed by atoms with Crippen LogP contribution in [0, 0.1) is 0 Å². The van der Waals surface area contributed by atoms with E-state index in [9.17, 15) is 13.2 Å². The number of nitrogen functional groups attached to an aromatic ring is 1. The van der Waals surface area contributed by atoms with E-state index in [0.717, 1.165) is 6.07 Å². The largest absolute Gasteiger partial charge is 0.433 e.